The minimum atomic E-state index is -2.66. The number of aromatic amines is 1. The van der Waals surface area contributed by atoms with Gasteiger partial charge >= 0.3 is 5.76 Å². The molecular weight excluding hydrogens is 472 g/mol. The van der Waals surface area contributed by atoms with Crippen LogP contribution in [0.15, 0.2) is 32.2 Å². The van der Waals surface area contributed by atoms with Crippen LogP contribution in [-0.2, 0) is 20.8 Å². The molecule has 5 rings (SSSR count). The fourth-order valence-corrected chi connectivity index (χ4v) is 6.10. The number of rotatable bonds is 3. The summed E-state index contributed by atoms with van der Waals surface area (Å²) in [4.78, 5) is 56.9. The third-order valence-electron chi connectivity index (χ3n) is 7.59. The zero-order chi connectivity index (χ0) is 26.4. The summed E-state index contributed by atoms with van der Waals surface area (Å²) in [5, 5.41) is 34.0. The Morgan fingerprint density at radius 2 is 1.86 bits per heavy atom. The van der Waals surface area contributed by atoms with E-state index in [1.54, 1.807) is 39.2 Å². The molecule has 36 heavy (non-hydrogen) atoms. The van der Waals surface area contributed by atoms with Crippen molar-refractivity contribution in [3.05, 3.63) is 44.6 Å². The Kier molecular flexibility index (Phi) is 4.99. The summed E-state index contributed by atoms with van der Waals surface area (Å²) in [5.41, 5.74) is 3.44. The number of aromatic nitrogens is 1. The molecule has 4 atom stereocenters. The zero-order valence-electron chi connectivity index (χ0n) is 20.1. The van der Waals surface area contributed by atoms with Crippen molar-refractivity contribution in [1.29, 1.82) is 0 Å². The summed E-state index contributed by atoms with van der Waals surface area (Å²) >= 11 is 0. The van der Waals surface area contributed by atoms with Crippen LogP contribution in [0.1, 0.15) is 17.5 Å². The van der Waals surface area contributed by atoms with Gasteiger partial charge < -0.3 is 30.4 Å². The van der Waals surface area contributed by atoms with Gasteiger partial charge in [0.15, 0.2) is 17.0 Å². The zero-order valence-corrected chi connectivity index (χ0v) is 20.1. The first-order valence-corrected chi connectivity index (χ1v) is 11.3. The van der Waals surface area contributed by atoms with Crippen molar-refractivity contribution in [1.82, 2.24) is 9.88 Å². The molecule has 12 heteroatoms. The smallest absolute Gasteiger partial charge is 0.417 e. The number of aliphatic hydroxyl groups excluding tert-OH is 2. The standard InChI is InChI=1S/C24H26N4O8/c1-27(2)12-7-11-19(36-23(34)26-11)14-9(12)5-8-6-10-16(28(3)4)18(30)15(22(25)33)21(32)24(10,35)20(31)13(8)17(14)29/h7-8,10,16,29,32,35H,5-6H2,1-4H3,(H2,25,33)(H,26,34)/t8-,10-,16?,24-/m0/s1. The molecule has 12 nitrogen and oxygen atoms in total. The molecule has 1 fully saturated rings. The van der Waals surface area contributed by atoms with Crippen molar-refractivity contribution in [2.75, 3.05) is 33.1 Å². The number of carbonyl (C=O) groups is 3. The number of primary amides is 1. The Labute approximate surface area is 204 Å². The average molecular weight is 498 g/mol. The highest BCUT2D eigenvalue weighted by molar-refractivity contribution is 6.24. The van der Waals surface area contributed by atoms with Gasteiger partial charge in [-0.1, -0.05) is 0 Å². The number of nitrogens with zero attached hydrogens (tertiary/aromatic N) is 2. The molecule has 6 N–H and O–H groups in total. The third kappa shape index (κ3) is 2.88. The Morgan fingerprint density at radius 3 is 2.44 bits per heavy atom. The number of ketones is 2. The molecule has 0 saturated heterocycles. The first-order chi connectivity index (χ1) is 16.8. The highest BCUT2D eigenvalue weighted by atomic mass is 16.4. The fourth-order valence-electron chi connectivity index (χ4n) is 6.10. The molecule has 190 valence electrons. The van der Waals surface area contributed by atoms with Gasteiger partial charge in [0.25, 0.3) is 5.91 Å². The fraction of sp³-hybridized carbons (Fsp3) is 0.417. The number of hydrogen-bond donors (Lipinski definition) is 5. The van der Waals surface area contributed by atoms with Crippen molar-refractivity contribution >= 4 is 40.0 Å². The first-order valence-electron chi connectivity index (χ1n) is 11.3. The van der Waals surface area contributed by atoms with E-state index in [2.05, 4.69) is 4.98 Å². The lowest BCUT2D eigenvalue weighted by molar-refractivity contribution is -0.153. The molecule has 1 aromatic carbocycles. The summed E-state index contributed by atoms with van der Waals surface area (Å²) < 4.78 is 5.28. The van der Waals surface area contributed by atoms with Crippen LogP contribution < -0.4 is 16.4 Å². The van der Waals surface area contributed by atoms with Gasteiger partial charge in [-0.2, -0.15) is 0 Å². The Balaban J connectivity index is 1.81. The minimum Gasteiger partial charge on any atom is -0.508 e. The van der Waals surface area contributed by atoms with Crippen molar-refractivity contribution in [2.45, 2.75) is 24.5 Å². The van der Waals surface area contributed by atoms with Crippen LogP contribution in [-0.4, -0.2) is 82.5 Å². The molecule has 1 aromatic heterocycles. The van der Waals surface area contributed by atoms with Crippen LogP contribution >= 0.6 is 0 Å². The molecule has 3 aliphatic rings. The van der Waals surface area contributed by atoms with Gasteiger partial charge in [-0.3, -0.25) is 24.3 Å². The first kappa shape index (κ1) is 23.8. The highest BCUT2D eigenvalue weighted by Gasteiger charge is 2.64. The molecular formula is C24H26N4O8. The van der Waals surface area contributed by atoms with Crippen molar-refractivity contribution in [3.63, 3.8) is 0 Å². The van der Waals surface area contributed by atoms with E-state index in [1.165, 1.54) is 4.90 Å². The normalized spacial score (nSPS) is 27.9. The SMILES string of the molecule is CN(C)c1cc2[nH]c(=O)oc2c2c1C[C@H]1C[C@H]3C(N(C)C)C(=O)C(C(N)=O)=C(O)[C@@]3(O)C(=O)C1=C2O. The van der Waals surface area contributed by atoms with Crippen LogP contribution in [0.25, 0.3) is 16.9 Å². The molecule has 3 aliphatic carbocycles. The number of H-pyrrole nitrogens is 1. The number of hydrogen-bond acceptors (Lipinski definition) is 10. The second-order valence-electron chi connectivity index (χ2n) is 10.00. The van der Waals surface area contributed by atoms with Gasteiger partial charge in [-0.15, -0.1) is 0 Å². The van der Waals surface area contributed by atoms with E-state index >= 15 is 0 Å². The summed E-state index contributed by atoms with van der Waals surface area (Å²) in [5.74, 6) is -7.20. The number of benzene rings is 1. The van der Waals surface area contributed by atoms with Gasteiger partial charge in [0, 0.05) is 31.3 Å². The number of nitrogens with two attached hydrogens (primary N) is 1. The predicted molar refractivity (Wildman–Crippen MR) is 127 cm³/mol. The largest absolute Gasteiger partial charge is 0.508 e. The second-order valence-corrected chi connectivity index (χ2v) is 10.00. The second kappa shape index (κ2) is 7.55. The lowest BCUT2D eigenvalue weighted by atomic mass is 9.57. The van der Waals surface area contributed by atoms with E-state index in [4.69, 9.17) is 10.2 Å². The molecule has 1 unspecified atom stereocenters. The number of fused-ring (bicyclic) bond motifs is 5. The van der Waals surface area contributed by atoms with Crippen LogP contribution in [0.3, 0.4) is 0 Å². The lowest BCUT2D eigenvalue weighted by Crippen LogP contribution is -2.65. The average Bonchev–Trinajstić information content (AvgIpc) is 3.14. The molecule has 0 spiro atoms. The van der Waals surface area contributed by atoms with Gasteiger partial charge in [-0.05, 0) is 44.5 Å². The number of likely N-dealkylation sites (N-methyl/N-ethyl adjacent to an activating group) is 1. The summed E-state index contributed by atoms with van der Waals surface area (Å²) in [7, 11) is 6.69. The van der Waals surface area contributed by atoms with Crippen LogP contribution in [0.2, 0.25) is 0 Å². The Hall–Kier alpha value is -3.90. The number of oxazole rings is 1. The summed E-state index contributed by atoms with van der Waals surface area (Å²) in [6, 6.07) is 0.583. The van der Waals surface area contributed by atoms with Gasteiger partial charge in [0.2, 0.25) is 5.78 Å². The topological polar surface area (TPSA) is 190 Å². The Morgan fingerprint density at radius 1 is 1.19 bits per heavy atom. The van der Waals surface area contributed by atoms with E-state index in [0.717, 1.165) is 0 Å². The van der Waals surface area contributed by atoms with E-state index in [9.17, 15) is 34.5 Å². The summed E-state index contributed by atoms with van der Waals surface area (Å²) in [6.07, 6.45) is 0.265. The summed E-state index contributed by atoms with van der Waals surface area (Å²) in [6.45, 7) is 0. The predicted octanol–water partition coefficient (Wildman–Crippen LogP) is -0.241. The van der Waals surface area contributed by atoms with E-state index in [0.29, 0.717) is 16.8 Å². The number of carbonyl (C=O) groups excluding carboxylic acids is 3. The number of anilines is 1. The maximum atomic E-state index is 13.9. The van der Waals surface area contributed by atoms with Crippen LogP contribution in [0.4, 0.5) is 5.69 Å². The molecule has 2 aromatic rings. The maximum Gasteiger partial charge on any atom is 0.417 e. The molecule has 0 bridgehead atoms. The lowest BCUT2D eigenvalue weighted by Gasteiger charge is -2.50. The Bertz CT molecular complexity index is 1490. The third-order valence-corrected chi connectivity index (χ3v) is 7.59. The van der Waals surface area contributed by atoms with E-state index in [1.807, 2.05) is 0 Å². The number of amides is 1. The minimum absolute atomic E-state index is 0.0355. The van der Waals surface area contributed by atoms with E-state index < -0.39 is 63.8 Å². The van der Waals surface area contributed by atoms with Gasteiger partial charge in [0.05, 0.1) is 17.1 Å². The van der Waals surface area contributed by atoms with Gasteiger partial charge in [0.1, 0.15) is 17.1 Å². The van der Waals surface area contributed by atoms with E-state index in [-0.39, 0.29) is 29.6 Å². The number of nitrogens with one attached hydrogen (secondary N) is 1. The molecule has 1 heterocycles. The molecule has 0 radical (unpaired) electrons. The van der Waals surface area contributed by atoms with Crippen LogP contribution in [0.5, 0.6) is 0 Å². The number of Topliss-reactive ketones (excluding diaryl/α,β-unsaturated/α-hetero) is 2. The van der Waals surface area contributed by atoms with Gasteiger partial charge in [-0.25, -0.2) is 4.79 Å². The maximum absolute atomic E-state index is 13.9. The molecule has 1 amide bonds. The molecule has 1 saturated carbocycles. The quantitative estimate of drug-likeness (QED) is 0.353. The molecule has 0 aliphatic heterocycles. The number of aliphatic hydroxyl groups is 3. The van der Waals surface area contributed by atoms with Crippen molar-refractivity contribution < 1.29 is 34.1 Å². The van der Waals surface area contributed by atoms with Crippen molar-refractivity contribution in [3.8, 4) is 0 Å². The van der Waals surface area contributed by atoms with Crippen LogP contribution in [0, 0.1) is 11.8 Å². The highest BCUT2D eigenvalue weighted by Crippen LogP contribution is 2.53. The van der Waals surface area contributed by atoms with Crippen molar-refractivity contribution in [2.24, 2.45) is 17.6 Å². The monoisotopic (exact) mass is 498 g/mol.